The minimum Gasteiger partial charge on any atom is -0.493 e. The molecule has 5 heteroatoms. The number of alkyl halides is 1. The molecule has 1 atom stereocenters. The molecule has 1 aromatic carbocycles. The molecule has 2 aromatic rings. The number of rotatable bonds is 6. The van der Waals surface area contributed by atoms with E-state index in [4.69, 9.17) is 21.1 Å². The van der Waals surface area contributed by atoms with Crippen LogP contribution in [-0.4, -0.2) is 31.1 Å². The van der Waals surface area contributed by atoms with Gasteiger partial charge in [0.2, 0.25) is 0 Å². The molecule has 2 rings (SSSR count). The van der Waals surface area contributed by atoms with Crippen LogP contribution < -0.4 is 14.8 Å². The van der Waals surface area contributed by atoms with Crippen LogP contribution in [0.25, 0.3) is 10.8 Å². The zero-order valence-electron chi connectivity index (χ0n) is 11.9. The Labute approximate surface area is 124 Å². The molecular formula is C15H19ClN2O2. The average Bonchev–Trinajstić information content (AvgIpc) is 2.50. The minimum atomic E-state index is 0.0900. The number of fused-ring (bicyclic) bond motifs is 1. The van der Waals surface area contributed by atoms with E-state index in [1.54, 1.807) is 20.4 Å². The van der Waals surface area contributed by atoms with Crippen LogP contribution in [0.3, 0.4) is 0 Å². The minimum absolute atomic E-state index is 0.0900. The van der Waals surface area contributed by atoms with Gasteiger partial charge >= 0.3 is 0 Å². The molecule has 1 N–H and O–H groups in total. The number of anilines is 1. The SMILES string of the molecule is CCC(Cl)CNc1nccc2cc(OC)c(OC)cc12. The Hall–Kier alpha value is -1.68. The van der Waals surface area contributed by atoms with Crippen LogP contribution in [0.5, 0.6) is 11.5 Å². The maximum Gasteiger partial charge on any atom is 0.161 e. The predicted molar refractivity (Wildman–Crippen MR) is 83.3 cm³/mol. The zero-order chi connectivity index (χ0) is 14.5. The quantitative estimate of drug-likeness (QED) is 0.825. The van der Waals surface area contributed by atoms with Crippen LogP contribution >= 0.6 is 11.6 Å². The molecule has 0 spiro atoms. The monoisotopic (exact) mass is 294 g/mol. The van der Waals surface area contributed by atoms with E-state index in [9.17, 15) is 0 Å². The summed E-state index contributed by atoms with van der Waals surface area (Å²) in [5.74, 6) is 2.21. The first-order chi connectivity index (χ1) is 9.69. The molecule has 0 bridgehead atoms. The van der Waals surface area contributed by atoms with E-state index in [0.717, 1.165) is 23.0 Å². The van der Waals surface area contributed by atoms with Crippen molar-refractivity contribution in [3.63, 3.8) is 0 Å². The van der Waals surface area contributed by atoms with E-state index in [2.05, 4.69) is 17.2 Å². The number of methoxy groups -OCH3 is 2. The van der Waals surface area contributed by atoms with Crippen molar-refractivity contribution in [1.82, 2.24) is 4.98 Å². The molecule has 0 aliphatic rings. The molecule has 0 aliphatic heterocycles. The first kappa shape index (κ1) is 14.7. The third-order valence-electron chi connectivity index (χ3n) is 3.20. The molecule has 1 unspecified atom stereocenters. The smallest absolute Gasteiger partial charge is 0.161 e. The highest BCUT2D eigenvalue weighted by atomic mass is 35.5. The fraction of sp³-hybridized carbons (Fsp3) is 0.400. The van der Waals surface area contributed by atoms with Gasteiger partial charge < -0.3 is 14.8 Å². The first-order valence-corrected chi connectivity index (χ1v) is 7.02. The van der Waals surface area contributed by atoms with E-state index < -0.39 is 0 Å². The van der Waals surface area contributed by atoms with E-state index in [1.165, 1.54) is 0 Å². The summed E-state index contributed by atoms with van der Waals surface area (Å²) in [7, 11) is 3.25. The van der Waals surface area contributed by atoms with Crippen molar-refractivity contribution in [3.05, 3.63) is 24.4 Å². The standard InChI is InChI=1S/C15H19ClN2O2/c1-4-11(16)9-18-15-12-8-14(20-3)13(19-2)7-10(12)5-6-17-15/h5-8,11H,4,9H2,1-3H3,(H,17,18). The lowest BCUT2D eigenvalue weighted by Crippen LogP contribution is -2.14. The van der Waals surface area contributed by atoms with Gasteiger partial charge in [0.1, 0.15) is 5.82 Å². The Morgan fingerprint density at radius 3 is 2.60 bits per heavy atom. The number of hydrogen-bond acceptors (Lipinski definition) is 4. The van der Waals surface area contributed by atoms with Crippen molar-refractivity contribution in [2.75, 3.05) is 26.1 Å². The van der Waals surface area contributed by atoms with Gasteiger partial charge in [0.25, 0.3) is 0 Å². The van der Waals surface area contributed by atoms with Crippen molar-refractivity contribution < 1.29 is 9.47 Å². The number of halogens is 1. The number of nitrogens with one attached hydrogen (secondary N) is 1. The summed E-state index contributed by atoms with van der Waals surface area (Å²) in [6, 6.07) is 5.82. The van der Waals surface area contributed by atoms with Crippen molar-refractivity contribution in [2.24, 2.45) is 0 Å². The molecule has 1 heterocycles. The molecule has 0 aliphatic carbocycles. The third-order valence-corrected chi connectivity index (χ3v) is 3.67. The van der Waals surface area contributed by atoms with Gasteiger partial charge in [0.05, 0.1) is 19.6 Å². The molecule has 4 nitrogen and oxygen atoms in total. The second-order valence-corrected chi connectivity index (χ2v) is 5.09. The van der Waals surface area contributed by atoms with E-state index in [-0.39, 0.29) is 5.38 Å². The summed E-state index contributed by atoms with van der Waals surface area (Å²) >= 11 is 6.14. The summed E-state index contributed by atoms with van der Waals surface area (Å²) in [5, 5.41) is 5.41. The molecule has 0 amide bonds. The van der Waals surface area contributed by atoms with Gasteiger partial charge in [0, 0.05) is 18.1 Å². The number of nitrogens with zero attached hydrogens (tertiary/aromatic N) is 1. The molecule has 0 saturated heterocycles. The van der Waals surface area contributed by atoms with E-state index in [0.29, 0.717) is 18.0 Å². The number of pyridine rings is 1. The maximum atomic E-state index is 6.14. The third kappa shape index (κ3) is 3.07. The fourth-order valence-corrected chi connectivity index (χ4v) is 2.07. The second kappa shape index (κ2) is 6.66. The first-order valence-electron chi connectivity index (χ1n) is 6.58. The van der Waals surface area contributed by atoms with Crippen LogP contribution in [0, 0.1) is 0 Å². The van der Waals surface area contributed by atoms with Crippen LogP contribution in [0.15, 0.2) is 24.4 Å². The van der Waals surface area contributed by atoms with Gasteiger partial charge in [-0.15, -0.1) is 11.6 Å². The fourth-order valence-electron chi connectivity index (χ4n) is 1.99. The van der Waals surface area contributed by atoms with Crippen molar-refractivity contribution in [2.45, 2.75) is 18.7 Å². The average molecular weight is 295 g/mol. The molecule has 1 aromatic heterocycles. The van der Waals surface area contributed by atoms with Crippen molar-refractivity contribution in [1.29, 1.82) is 0 Å². The van der Waals surface area contributed by atoms with Gasteiger partial charge in [-0.2, -0.15) is 0 Å². The normalized spacial score (nSPS) is 12.2. The summed E-state index contributed by atoms with van der Waals surface area (Å²) in [5.41, 5.74) is 0. The highest BCUT2D eigenvalue weighted by Gasteiger charge is 2.10. The Morgan fingerprint density at radius 2 is 1.95 bits per heavy atom. The van der Waals surface area contributed by atoms with Crippen LogP contribution in [-0.2, 0) is 0 Å². The number of hydrogen-bond donors (Lipinski definition) is 1. The molecule has 20 heavy (non-hydrogen) atoms. The number of benzene rings is 1. The molecule has 0 radical (unpaired) electrons. The topological polar surface area (TPSA) is 43.4 Å². The second-order valence-electron chi connectivity index (χ2n) is 4.47. The largest absolute Gasteiger partial charge is 0.493 e. The number of ether oxygens (including phenoxy) is 2. The lowest BCUT2D eigenvalue weighted by molar-refractivity contribution is 0.356. The van der Waals surface area contributed by atoms with Gasteiger partial charge in [-0.25, -0.2) is 4.98 Å². The highest BCUT2D eigenvalue weighted by molar-refractivity contribution is 6.20. The Bertz CT molecular complexity index is 589. The van der Waals surface area contributed by atoms with Crippen LogP contribution in [0.1, 0.15) is 13.3 Å². The van der Waals surface area contributed by atoms with Crippen molar-refractivity contribution in [3.8, 4) is 11.5 Å². The van der Waals surface area contributed by atoms with Gasteiger partial charge in [0.15, 0.2) is 11.5 Å². The van der Waals surface area contributed by atoms with Gasteiger partial charge in [-0.3, -0.25) is 0 Å². The summed E-state index contributed by atoms with van der Waals surface area (Å²) in [6.45, 7) is 2.74. The van der Waals surface area contributed by atoms with Crippen LogP contribution in [0.2, 0.25) is 0 Å². The maximum absolute atomic E-state index is 6.14. The van der Waals surface area contributed by atoms with Crippen LogP contribution in [0.4, 0.5) is 5.82 Å². The highest BCUT2D eigenvalue weighted by Crippen LogP contribution is 2.34. The lowest BCUT2D eigenvalue weighted by atomic mass is 10.1. The summed E-state index contributed by atoms with van der Waals surface area (Å²) in [6.07, 6.45) is 2.68. The molecular weight excluding hydrogens is 276 g/mol. The van der Waals surface area contributed by atoms with Gasteiger partial charge in [-0.05, 0) is 30.0 Å². The Balaban J connectivity index is 2.40. The van der Waals surface area contributed by atoms with E-state index >= 15 is 0 Å². The molecule has 0 fully saturated rings. The zero-order valence-corrected chi connectivity index (χ0v) is 12.7. The van der Waals surface area contributed by atoms with Crippen molar-refractivity contribution >= 4 is 28.2 Å². The molecule has 108 valence electrons. The Morgan fingerprint density at radius 1 is 1.25 bits per heavy atom. The summed E-state index contributed by atoms with van der Waals surface area (Å²) in [4.78, 5) is 4.38. The van der Waals surface area contributed by atoms with Gasteiger partial charge in [-0.1, -0.05) is 6.92 Å². The lowest BCUT2D eigenvalue weighted by Gasteiger charge is -2.13. The molecule has 0 saturated carbocycles. The van der Waals surface area contributed by atoms with E-state index in [1.807, 2.05) is 18.2 Å². The Kier molecular flexibility index (Phi) is 4.90. The number of aromatic nitrogens is 1. The summed E-state index contributed by atoms with van der Waals surface area (Å²) < 4.78 is 10.7. The predicted octanol–water partition coefficient (Wildman–Crippen LogP) is 3.68.